The van der Waals surface area contributed by atoms with Gasteiger partial charge in [0.2, 0.25) is 0 Å². The number of amides is 1. The van der Waals surface area contributed by atoms with Gasteiger partial charge in [-0.1, -0.05) is 0 Å². The number of rotatable bonds is 3. The molecule has 0 radical (unpaired) electrons. The number of nitrogens with zero attached hydrogens (tertiary/aromatic N) is 2. The van der Waals surface area contributed by atoms with Crippen molar-refractivity contribution in [3.63, 3.8) is 0 Å². The van der Waals surface area contributed by atoms with Crippen LogP contribution >= 0.6 is 0 Å². The molecule has 2 aromatic rings. The normalized spacial score (nSPS) is 12.2. The van der Waals surface area contributed by atoms with Crippen LogP contribution in [-0.4, -0.2) is 22.7 Å². The number of aromatic nitrogens is 2. The maximum Gasteiger partial charge on any atom is 0.271 e. The molecule has 0 bridgehead atoms. The number of benzene rings is 1. The van der Waals surface area contributed by atoms with Crippen LogP contribution in [0.25, 0.3) is 5.69 Å². The Morgan fingerprint density at radius 1 is 1.47 bits per heavy atom. The van der Waals surface area contributed by atoms with Crippen molar-refractivity contribution in [3.8, 4) is 5.69 Å². The van der Waals surface area contributed by atoms with Gasteiger partial charge in [0.25, 0.3) is 5.91 Å². The Hall–Kier alpha value is -2.21. The first kappa shape index (κ1) is 13.2. The molecule has 1 amide bonds. The van der Waals surface area contributed by atoms with Crippen molar-refractivity contribution in [1.82, 2.24) is 15.1 Å². The van der Waals surface area contributed by atoms with Gasteiger partial charge in [0.05, 0.1) is 5.69 Å². The molecular weight excluding hydrogens is 247 g/mol. The van der Waals surface area contributed by atoms with Crippen LogP contribution in [0.1, 0.15) is 29.0 Å². The van der Waals surface area contributed by atoms with E-state index in [0.717, 1.165) is 0 Å². The topological polar surface area (TPSA) is 72.9 Å². The van der Waals surface area contributed by atoms with E-state index in [9.17, 15) is 9.18 Å². The van der Waals surface area contributed by atoms with Gasteiger partial charge in [0.1, 0.15) is 5.82 Å². The third kappa shape index (κ3) is 2.63. The first-order valence-corrected chi connectivity index (χ1v) is 5.86. The summed E-state index contributed by atoms with van der Waals surface area (Å²) in [5.74, 6) is -0.627. The molecule has 19 heavy (non-hydrogen) atoms. The second kappa shape index (κ2) is 5.19. The molecule has 0 unspecified atom stereocenters. The first-order valence-electron chi connectivity index (χ1n) is 5.86. The van der Waals surface area contributed by atoms with Gasteiger partial charge in [0, 0.05) is 19.3 Å². The van der Waals surface area contributed by atoms with E-state index in [1.54, 1.807) is 25.3 Å². The third-order valence-electron chi connectivity index (χ3n) is 2.78. The molecule has 0 aliphatic heterocycles. The largest absolute Gasteiger partial charge is 0.354 e. The van der Waals surface area contributed by atoms with Crippen LogP contribution in [0.5, 0.6) is 0 Å². The number of carbonyl (C=O) groups is 1. The highest BCUT2D eigenvalue weighted by atomic mass is 19.1. The average Bonchev–Trinajstić information content (AvgIpc) is 2.87. The third-order valence-corrected chi connectivity index (χ3v) is 2.78. The Labute approximate surface area is 110 Å². The minimum absolute atomic E-state index is 0.275. The molecule has 0 fully saturated rings. The molecule has 0 saturated carbocycles. The van der Waals surface area contributed by atoms with Crippen molar-refractivity contribution >= 4 is 5.91 Å². The van der Waals surface area contributed by atoms with Crippen LogP contribution < -0.4 is 11.1 Å². The van der Waals surface area contributed by atoms with Crippen LogP contribution in [0.4, 0.5) is 4.39 Å². The standard InChI is InChI=1S/C13H15FN4O/c1-8(15)10-7-9(14)3-4-12(10)18-6-5-11(17-18)13(19)16-2/h3-8H,15H2,1-2H3,(H,16,19)/t8-/m0/s1. The lowest BCUT2D eigenvalue weighted by Crippen LogP contribution is -2.19. The summed E-state index contributed by atoms with van der Waals surface area (Å²) in [6, 6.07) is 5.56. The molecule has 1 aromatic carbocycles. The van der Waals surface area contributed by atoms with Crippen molar-refractivity contribution in [1.29, 1.82) is 0 Å². The molecule has 0 saturated heterocycles. The fourth-order valence-electron chi connectivity index (χ4n) is 1.81. The summed E-state index contributed by atoms with van der Waals surface area (Å²) in [6.07, 6.45) is 1.64. The number of carbonyl (C=O) groups excluding carboxylic acids is 1. The second-order valence-electron chi connectivity index (χ2n) is 4.22. The highest BCUT2D eigenvalue weighted by molar-refractivity contribution is 5.91. The van der Waals surface area contributed by atoms with Crippen LogP contribution in [0.2, 0.25) is 0 Å². The molecule has 2 rings (SSSR count). The predicted octanol–water partition coefficient (Wildman–Crippen LogP) is 1.39. The average molecular weight is 262 g/mol. The summed E-state index contributed by atoms with van der Waals surface area (Å²) in [7, 11) is 1.53. The minimum Gasteiger partial charge on any atom is -0.354 e. The molecule has 1 aromatic heterocycles. The van der Waals surface area contributed by atoms with E-state index >= 15 is 0 Å². The fourth-order valence-corrected chi connectivity index (χ4v) is 1.81. The Morgan fingerprint density at radius 3 is 2.84 bits per heavy atom. The van der Waals surface area contributed by atoms with Crippen LogP contribution in [-0.2, 0) is 0 Å². The van der Waals surface area contributed by atoms with E-state index in [1.807, 2.05) is 0 Å². The van der Waals surface area contributed by atoms with Crippen LogP contribution in [0.3, 0.4) is 0 Å². The number of hydrogen-bond acceptors (Lipinski definition) is 3. The smallest absolute Gasteiger partial charge is 0.271 e. The first-order chi connectivity index (χ1) is 9.02. The van der Waals surface area contributed by atoms with Crippen LogP contribution in [0.15, 0.2) is 30.5 Å². The van der Waals surface area contributed by atoms with Crippen molar-refractivity contribution in [2.45, 2.75) is 13.0 Å². The van der Waals surface area contributed by atoms with Gasteiger partial charge in [-0.2, -0.15) is 5.10 Å². The highest BCUT2D eigenvalue weighted by Gasteiger charge is 2.13. The lowest BCUT2D eigenvalue weighted by molar-refractivity contribution is 0.0957. The molecule has 100 valence electrons. The molecule has 0 aliphatic carbocycles. The lowest BCUT2D eigenvalue weighted by atomic mass is 10.1. The summed E-state index contributed by atoms with van der Waals surface area (Å²) in [5, 5.41) is 6.64. The fraction of sp³-hybridized carbons (Fsp3) is 0.231. The summed E-state index contributed by atoms with van der Waals surface area (Å²) in [4.78, 5) is 11.5. The maximum atomic E-state index is 13.3. The van der Waals surface area contributed by atoms with E-state index in [0.29, 0.717) is 16.9 Å². The monoisotopic (exact) mass is 262 g/mol. The zero-order valence-electron chi connectivity index (χ0n) is 10.7. The summed E-state index contributed by atoms with van der Waals surface area (Å²) >= 11 is 0. The summed E-state index contributed by atoms with van der Waals surface area (Å²) < 4.78 is 14.8. The molecule has 6 heteroatoms. The number of hydrogen-bond donors (Lipinski definition) is 2. The van der Waals surface area contributed by atoms with E-state index in [-0.39, 0.29) is 17.8 Å². The molecule has 3 N–H and O–H groups in total. The van der Waals surface area contributed by atoms with Gasteiger partial charge in [-0.15, -0.1) is 0 Å². The van der Waals surface area contributed by atoms with E-state index in [2.05, 4.69) is 10.4 Å². The van der Waals surface area contributed by atoms with Gasteiger partial charge in [-0.3, -0.25) is 4.79 Å². The zero-order chi connectivity index (χ0) is 14.0. The SMILES string of the molecule is CNC(=O)c1ccn(-c2ccc(F)cc2[C@H](C)N)n1. The number of nitrogens with one attached hydrogen (secondary N) is 1. The van der Waals surface area contributed by atoms with Crippen molar-refractivity contribution in [2.24, 2.45) is 5.73 Å². The van der Waals surface area contributed by atoms with E-state index < -0.39 is 0 Å². The van der Waals surface area contributed by atoms with Gasteiger partial charge >= 0.3 is 0 Å². The predicted molar refractivity (Wildman–Crippen MR) is 69.5 cm³/mol. The Kier molecular flexibility index (Phi) is 3.62. The van der Waals surface area contributed by atoms with Gasteiger partial charge < -0.3 is 11.1 Å². The summed E-state index contributed by atoms with van der Waals surface area (Å²) in [5.41, 5.74) is 7.41. The minimum atomic E-state index is -0.352. The Morgan fingerprint density at radius 2 is 2.21 bits per heavy atom. The molecule has 1 atom stereocenters. The highest BCUT2D eigenvalue weighted by Crippen LogP contribution is 2.21. The van der Waals surface area contributed by atoms with Crippen molar-refractivity contribution in [2.75, 3.05) is 7.05 Å². The lowest BCUT2D eigenvalue weighted by Gasteiger charge is -2.12. The second-order valence-corrected chi connectivity index (χ2v) is 4.22. The van der Waals surface area contributed by atoms with Crippen molar-refractivity contribution in [3.05, 3.63) is 47.5 Å². The molecule has 1 heterocycles. The maximum absolute atomic E-state index is 13.3. The van der Waals surface area contributed by atoms with E-state index in [1.165, 1.54) is 23.9 Å². The Balaban J connectivity index is 2.47. The molecular formula is C13H15FN4O. The van der Waals surface area contributed by atoms with Crippen LogP contribution in [0, 0.1) is 5.82 Å². The number of halogens is 1. The van der Waals surface area contributed by atoms with Gasteiger partial charge in [-0.25, -0.2) is 9.07 Å². The van der Waals surface area contributed by atoms with Gasteiger partial charge in [0.15, 0.2) is 5.69 Å². The van der Waals surface area contributed by atoms with Gasteiger partial charge in [-0.05, 0) is 36.8 Å². The van der Waals surface area contributed by atoms with E-state index in [4.69, 9.17) is 5.73 Å². The molecule has 5 nitrogen and oxygen atoms in total. The summed E-state index contributed by atoms with van der Waals surface area (Å²) in [6.45, 7) is 1.77. The van der Waals surface area contributed by atoms with Crippen molar-refractivity contribution < 1.29 is 9.18 Å². The number of nitrogens with two attached hydrogens (primary N) is 1. The molecule has 0 aliphatic rings. The molecule has 0 spiro atoms. The Bertz CT molecular complexity index is 606. The zero-order valence-corrected chi connectivity index (χ0v) is 10.7. The quantitative estimate of drug-likeness (QED) is 0.878.